The Morgan fingerprint density at radius 1 is 1.27 bits per heavy atom. The fourth-order valence-electron chi connectivity index (χ4n) is 4.13. The first-order chi connectivity index (χ1) is 14.6. The zero-order valence-corrected chi connectivity index (χ0v) is 17.5. The molecule has 3 aromatic rings. The molecule has 4 rings (SSSR count). The van der Waals surface area contributed by atoms with E-state index >= 15 is 0 Å². The summed E-state index contributed by atoms with van der Waals surface area (Å²) < 4.78 is 4.72. The lowest BCUT2D eigenvalue weighted by Gasteiger charge is -2.33. The van der Waals surface area contributed by atoms with Gasteiger partial charge in [-0.15, -0.1) is 0 Å². The number of fused-ring (bicyclic) bond motifs is 1. The van der Waals surface area contributed by atoms with Crippen molar-refractivity contribution in [3.63, 3.8) is 0 Å². The van der Waals surface area contributed by atoms with Gasteiger partial charge in [-0.2, -0.15) is 11.8 Å². The molecule has 30 heavy (non-hydrogen) atoms. The molecule has 1 aliphatic heterocycles. The number of phenols is 1. The van der Waals surface area contributed by atoms with Gasteiger partial charge in [0, 0.05) is 47.8 Å². The largest absolute Gasteiger partial charge is 0.511 e. The number of thioether (sulfide) groups is 1. The summed E-state index contributed by atoms with van der Waals surface area (Å²) in [7, 11) is 0. The van der Waals surface area contributed by atoms with Crippen molar-refractivity contribution in [3.05, 3.63) is 59.8 Å². The third-order valence-electron chi connectivity index (χ3n) is 5.60. The summed E-state index contributed by atoms with van der Waals surface area (Å²) in [4.78, 5) is 16.4. The standard InChI is InChI=1S/C23H26N2O4S/c26-19-5-1-3-16(11-19)17-4-2-8-25(14-17)9-10-30-15-18-13-24-22-12-20(29-23(27)28)6-7-21(18)22/h1,3,5-7,11-13,17,24,26H,2,4,8-10,14-15H2,(H,27,28). The second kappa shape index (κ2) is 9.45. The number of ether oxygens (including phenoxy) is 1. The van der Waals surface area contributed by atoms with Gasteiger partial charge in [0.1, 0.15) is 11.5 Å². The third kappa shape index (κ3) is 5.09. The summed E-state index contributed by atoms with van der Waals surface area (Å²) in [5.41, 5.74) is 3.33. The van der Waals surface area contributed by atoms with Crippen LogP contribution in [0, 0.1) is 0 Å². The van der Waals surface area contributed by atoms with Crippen molar-refractivity contribution in [1.29, 1.82) is 0 Å². The number of H-pyrrole nitrogens is 1. The fraction of sp³-hybridized carbons (Fsp3) is 0.348. The first-order valence-corrected chi connectivity index (χ1v) is 11.3. The highest BCUT2D eigenvalue weighted by molar-refractivity contribution is 7.98. The number of piperidine rings is 1. The number of aromatic amines is 1. The van der Waals surface area contributed by atoms with Gasteiger partial charge in [0.25, 0.3) is 0 Å². The Kier molecular flexibility index (Phi) is 6.50. The molecule has 1 unspecified atom stereocenters. The van der Waals surface area contributed by atoms with E-state index in [0.717, 1.165) is 42.0 Å². The van der Waals surface area contributed by atoms with Gasteiger partial charge in [0.2, 0.25) is 0 Å². The molecule has 7 heteroatoms. The number of aromatic nitrogens is 1. The maximum atomic E-state index is 10.7. The van der Waals surface area contributed by atoms with Crippen molar-refractivity contribution >= 4 is 28.8 Å². The lowest BCUT2D eigenvalue weighted by molar-refractivity contribution is 0.144. The van der Waals surface area contributed by atoms with Crippen LogP contribution in [-0.2, 0) is 5.75 Å². The van der Waals surface area contributed by atoms with Gasteiger partial charge >= 0.3 is 6.16 Å². The van der Waals surface area contributed by atoms with Gasteiger partial charge < -0.3 is 24.8 Å². The van der Waals surface area contributed by atoms with E-state index in [1.807, 2.05) is 36.2 Å². The maximum absolute atomic E-state index is 10.7. The predicted octanol–water partition coefficient (Wildman–Crippen LogP) is 5.04. The highest BCUT2D eigenvalue weighted by Crippen LogP contribution is 2.30. The molecule has 2 aromatic carbocycles. The first kappa shape index (κ1) is 20.6. The van der Waals surface area contributed by atoms with Crippen molar-refractivity contribution in [2.45, 2.75) is 24.5 Å². The Morgan fingerprint density at radius 3 is 3.00 bits per heavy atom. The Balaban J connectivity index is 1.27. The predicted molar refractivity (Wildman–Crippen MR) is 120 cm³/mol. The highest BCUT2D eigenvalue weighted by atomic mass is 32.2. The molecule has 0 amide bonds. The number of carboxylic acid groups (broad SMARTS) is 1. The molecule has 0 aliphatic carbocycles. The van der Waals surface area contributed by atoms with Gasteiger partial charge in [-0.3, -0.25) is 0 Å². The number of hydrogen-bond donors (Lipinski definition) is 3. The molecule has 3 N–H and O–H groups in total. The summed E-state index contributed by atoms with van der Waals surface area (Å²) in [6.07, 6.45) is 3.05. The molecule has 1 fully saturated rings. The van der Waals surface area contributed by atoms with Crippen LogP contribution in [0.1, 0.15) is 29.9 Å². The molecule has 2 heterocycles. The van der Waals surface area contributed by atoms with E-state index < -0.39 is 6.16 Å². The SMILES string of the molecule is O=C(O)Oc1ccc2c(CSCCN3CCCC(c4cccc(O)c4)C3)c[nH]c2c1. The molecule has 0 saturated carbocycles. The molecule has 0 radical (unpaired) electrons. The summed E-state index contributed by atoms with van der Waals surface area (Å²) in [6.45, 7) is 3.23. The summed E-state index contributed by atoms with van der Waals surface area (Å²) in [5.74, 6) is 3.12. The topological polar surface area (TPSA) is 85.8 Å². The zero-order valence-electron chi connectivity index (χ0n) is 16.7. The van der Waals surface area contributed by atoms with Crippen LogP contribution in [0.25, 0.3) is 10.9 Å². The Labute approximate surface area is 179 Å². The molecule has 0 spiro atoms. The molecule has 0 bridgehead atoms. The van der Waals surface area contributed by atoms with Gasteiger partial charge in [-0.1, -0.05) is 12.1 Å². The van der Waals surface area contributed by atoms with Gasteiger partial charge in [0.05, 0.1) is 0 Å². The number of nitrogens with zero attached hydrogens (tertiary/aromatic N) is 1. The Hall–Kier alpha value is -2.64. The van der Waals surface area contributed by atoms with E-state index in [-0.39, 0.29) is 0 Å². The van der Waals surface area contributed by atoms with Crippen LogP contribution in [0.5, 0.6) is 11.5 Å². The number of phenolic OH excluding ortho intramolecular Hbond substituents is 1. The molecule has 1 saturated heterocycles. The minimum Gasteiger partial charge on any atom is -0.508 e. The number of nitrogens with one attached hydrogen (secondary N) is 1. The number of likely N-dealkylation sites (tertiary alicyclic amines) is 1. The van der Waals surface area contributed by atoms with Crippen LogP contribution in [0.2, 0.25) is 0 Å². The Morgan fingerprint density at radius 2 is 2.17 bits per heavy atom. The lowest BCUT2D eigenvalue weighted by Crippen LogP contribution is -2.35. The van der Waals surface area contributed by atoms with Crippen LogP contribution >= 0.6 is 11.8 Å². The number of benzene rings is 2. The monoisotopic (exact) mass is 426 g/mol. The van der Waals surface area contributed by atoms with Crippen molar-refractivity contribution in [2.75, 3.05) is 25.4 Å². The smallest absolute Gasteiger partial charge is 0.508 e. The number of carbonyl (C=O) groups is 1. The number of aromatic hydroxyl groups is 1. The maximum Gasteiger partial charge on any atom is 0.511 e. The van der Waals surface area contributed by atoms with E-state index in [4.69, 9.17) is 9.84 Å². The lowest BCUT2D eigenvalue weighted by atomic mass is 9.90. The fourth-order valence-corrected chi connectivity index (χ4v) is 5.12. The zero-order chi connectivity index (χ0) is 20.9. The van der Waals surface area contributed by atoms with Crippen LogP contribution in [0.3, 0.4) is 0 Å². The molecule has 1 atom stereocenters. The van der Waals surface area contributed by atoms with Crippen LogP contribution in [0.15, 0.2) is 48.7 Å². The first-order valence-electron chi connectivity index (χ1n) is 10.2. The average molecular weight is 427 g/mol. The molecule has 1 aromatic heterocycles. The van der Waals surface area contributed by atoms with E-state index in [9.17, 15) is 9.90 Å². The summed E-state index contributed by atoms with van der Waals surface area (Å²) >= 11 is 1.91. The molecule has 1 aliphatic rings. The van der Waals surface area contributed by atoms with E-state index in [1.54, 1.807) is 18.2 Å². The van der Waals surface area contributed by atoms with Crippen LogP contribution < -0.4 is 4.74 Å². The second-order valence-electron chi connectivity index (χ2n) is 7.68. The third-order valence-corrected chi connectivity index (χ3v) is 6.59. The van der Waals surface area contributed by atoms with Crippen LogP contribution in [0.4, 0.5) is 4.79 Å². The average Bonchev–Trinajstić information content (AvgIpc) is 3.13. The highest BCUT2D eigenvalue weighted by Gasteiger charge is 2.21. The van der Waals surface area contributed by atoms with Gasteiger partial charge in [0.15, 0.2) is 0 Å². The number of rotatable bonds is 7. The van der Waals surface area contributed by atoms with Gasteiger partial charge in [-0.05, 0) is 60.7 Å². The molecular formula is C23H26N2O4S. The van der Waals surface area contributed by atoms with E-state index in [1.165, 1.54) is 24.0 Å². The van der Waals surface area contributed by atoms with Gasteiger partial charge in [-0.25, -0.2) is 4.79 Å². The van der Waals surface area contributed by atoms with E-state index in [2.05, 4.69) is 16.0 Å². The minimum absolute atomic E-state index is 0.322. The normalized spacial score (nSPS) is 17.3. The Bertz CT molecular complexity index is 1020. The van der Waals surface area contributed by atoms with Crippen molar-refractivity contribution < 1.29 is 19.7 Å². The molecule has 6 nitrogen and oxygen atoms in total. The summed E-state index contributed by atoms with van der Waals surface area (Å²) in [5, 5.41) is 19.6. The molecular weight excluding hydrogens is 400 g/mol. The molecule has 158 valence electrons. The van der Waals surface area contributed by atoms with Crippen LogP contribution in [-0.4, -0.2) is 51.6 Å². The second-order valence-corrected chi connectivity index (χ2v) is 8.78. The number of hydrogen-bond acceptors (Lipinski definition) is 5. The minimum atomic E-state index is -1.30. The quantitative estimate of drug-likeness (QED) is 0.279. The van der Waals surface area contributed by atoms with E-state index in [0.29, 0.717) is 17.4 Å². The van der Waals surface area contributed by atoms with Crippen molar-refractivity contribution in [2.24, 2.45) is 0 Å². The van der Waals surface area contributed by atoms with Crippen molar-refractivity contribution in [3.8, 4) is 11.5 Å². The summed E-state index contributed by atoms with van der Waals surface area (Å²) in [6, 6.07) is 13.0. The van der Waals surface area contributed by atoms with Crippen molar-refractivity contribution in [1.82, 2.24) is 9.88 Å².